The second-order valence-electron chi connectivity index (χ2n) is 9.87. The Morgan fingerprint density at radius 3 is 2.64 bits per heavy atom. The van der Waals surface area contributed by atoms with Crippen LogP contribution in [0, 0.1) is 11.8 Å². The Kier molecular flexibility index (Phi) is 6.77. The summed E-state index contributed by atoms with van der Waals surface area (Å²) in [6.45, 7) is 1.65. The molecule has 0 spiro atoms. The number of anilines is 1. The lowest BCUT2D eigenvalue weighted by atomic mass is 9.90. The predicted molar refractivity (Wildman–Crippen MR) is 129 cm³/mol. The van der Waals surface area contributed by atoms with Gasteiger partial charge in [0.15, 0.2) is 0 Å². The van der Waals surface area contributed by atoms with Crippen LogP contribution in [0.5, 0.6) is 0 Å². The summed E-state index contributed by atoms with van der Waals surface area (Å²) in [5.74, 6) is 1.05. The van der Waals surface area contributed by atoms with E-state index in [0.29, 0.717) is 18.2 Å². The van der Waals surface area contributed by atoms with Crippen LogP contribution in [0.3, 0.4) is 0 Å². The molecule has 5 nitrogen and oxygen atoms in total. The third-order valence-electron chi connectivity index (χ3n) is 7.56. The molecular formula is C28H34N2O3. The van der Waals surface area contributed by atoms with Crippen molar-refractivity contribution in [2.45, 2.75) is 63.6 Å². The van der Waals surface area contributed by atoms with Crippen molar-refractivity contribution in [2.75, 3.05) is 18.4 Å². The fraction of sp³-hybridized carbons (Fsp3) is 0.500. The van der Waals surface area contributed by atoms with Crippen molar-refractivity contribution in [1.29, 1.82) is 0 Å². The first kappa shape index (κ1) is 22.1. The van der Waals surface area contributed by atoms with E-state index in [9.17, 15) is 9.59 Å². The maximum atomic E-state index is 12.9. The lowest BCUT2D eigenvalue weighted by molar-refractivity contribution is -0.138. The molecule has 2 aromatic rings. The molecule has 5 heteroatoms. The summed E-state index contributed by atoms with van der Waals surface area (Å²) in [5, 5.41) is 3.04. The van der Waals surface area contributed by atoms with Gasteiger partial charge in [-0.25, -0.2) is 0 Å². The molecule has 0 aromatic heterocycles. The molecule has 174 valence electrons. The van der Waals surface area contributed by atoms with E-state index in [0.717, 1.165) is 56.4 Å². The van der Waals surface area contributed by atoms with Crippen LogP contribution in [0.25, 0.3) is 0 Å². The largest absolute Gasteiger partial charge is 0.370 e. The van der Waals surface area contributed by atoms with Gasteiger partial charge in [0.2, 0.25) is 11.8 Å². The van der Waals surface area contributed by atoms with Crippen molar-refractivity contribution in [3.63, 3.8) is 0 Å². The van der Waals surface area contributed by atoms with E-state index < -0.39 is 0 Å². The summed E-state index contributed by atoms with van der Waals surface area (Å²) in [5.41, 5.74) is 3.10. The van der Waals surface area contributed by atoms with E-state index in [1.165, 1.54) is 18.4 Å². The minimum atomic E-state index is 0.0260. The van der Waals surface area contributed by atoms with Gasteiger partial charge in [-0.05, 0) is 55.4 Å². The number of aryl methyl sites for hydroxylation is 1. The topological polar surface area (TPSA) is 58.6 Å². The standard InChI is InChI=1S/C28H34N2O3/c31-27(14-13-20-7-2-1-3-8-20)29-24-12-6-11-22(17-24)26-18-23-19-30(16-15-25(23)33-26)28(32)21-9-4-5-10-21/h1-3,6-8,11-12,17,21,23,25-26H,4-5,9-10,13-16,18-19H2,(H,29,31). The lowest BCUT2D eigenvalue weighted by Gasteiger charge is -2.35. The molecule has 3 atom stereocenters. The van der Waals surface area contributed by atoms with Crippen molar-refractivity contribution in [2.24, 2.45) is 11.8 Å². The molecule has 33 heavy (non-hydrogen) atoms. The number of hydrogen-bond acceptors (Lipinski definition) is 3. The van der Waals surface area contributed by atoms with E-state index in [4.69, 9.17) is 4.74 Å². The van der Waals surface area contributed by atoms with Crippen LogP contribution >= 0.6 is 0 Å². The van der Waals surface area contributed by atoms with Gasteiger partial charge in [0, 0.05) is 37.0 Å². The van der Waals surface area contributed by atoms with Crippen LogP contribution < -0.4 is 5.32 Å². The molecule has 3 unspecified atom stereocenters. The molecule has 5 rings (SSSR count). The monoisotopic (exact) mass is 446 g/mol. The fourth-order valence-electron chi connectivity index (χ4n) is 5.75. The molecule has 2 amide bonds. The van der Waals surface area contributed by atoms with Crippen LogP contribution in [0.4, 0.5) is 5.69 Å². The summed E-state index contributed by atoms with van der Waals surface area (Å²) < 4.78 is 6.42. The Hall–Kier alpha value is -2.66. The molecule has 0 bridgehead atoms. The number of carbonyl (C=O) groups excluding carboxylic acids is 2. The van der Waals surface area contributed by atoms with Gasteiger partial charge in [-0.15, -0.1) is 0 Å². The van der Waals surface area contributed by atoms with Crippen molar-refractivity contribution in [1.82, 2.24) is 4.90 Å². The van der Waals surface area contributed by atoms with Gasteiger partial charge in [-0.2, -0.15) is 0 Å². The van der Waals surface area contributed by atoms with Gasteiger partial charge in [-0.3, -0.25) is 9.59 Å². The second kappa shape index (κ2) is 10.1. The van der Waals surface area contributed by atoms with Crippen LogP contribution in [0.15, 0.2) is 54.6 Å². The number of fused-ring (bicyclic) bond motifs is 1. The highest BCUT2D eigenvalue weighted by Crippen LogP contribution is 2.42. The molecule has 2 aromatic carbocycles. The zero-order valence-corrected chi connectivity index (χ0v) is 19.2. The fourth-order valence-corrected chi connectivity index (χ4v) is 5.75. The summed E-state index contributed by atoms with van der Waals surface area (Å²) in [6, 6.07) is 18.1. The number of hydrogen-bond donors (Lipinski definition) is 1. The number of carbonyl (C=O) groups is 2. The van der Waals surface area contributed by atoms with Gasteiger partial charge < -0.3 is 15.0 Å². The zero-order valence-electron chi connectivity index (χ0n) is 19.2. The first-order valence-electron chi connectivity index (χ1n) is 12.5. The van der Waals surface area contributed by atoms with Crippen LogP contribution in [-0.4, -0.2) is 35.9 Å². The summed E-state index contributed by atoms with van der Waals surface area (Å²) in [7, 11) is 0. The number of amides is 2. The SMILES string of the molecule is O=C(CCc1ccccc1)Nc1cccc(C2CC3CN(C(=O)C4CCCC4)CCC3O2)c1. The highest BCUT2D eigenvalue weighted by Gasteiger charge is 2.41. The zero-order chi connectivity index (χ0) is 22.6. The number of nitrogens with zero attached hydrogens (tertiary/aromatic N) is 1. The summed E-state index contributed by atoms with van der Waals surface area (Å²) in [4.78, 5) is 27.4. The molecule has 1 N–H and O–H groups in total. The minimum Gasteiger partial charge on any atom is -0.370 e. The van der Waals surface area contributed by atoms with E-state index in [1.54, 1.807) is 0 Å². The van der Waals surface area contributed by atoms with Crippen molar-refractivity contribution >= 4 is 17.5 Å². The third-order valence-corrected chi connectivity index (χ3v) is 7.56. The maximum absolute atomic E-state index is 12.9. The highest BCUT2D eigenvalue weighted by atomic mass is 16.5. The molecule has 3 aliphatic rings. The molecule has 1 saturated carbocycles. The minimum absolute atomic E-state index is 0.0260. The first-order valence-corrected chi connectivity index (χ1v) is 12.5. The Morgan fingerprint density at radius 2 is 1.82 bits per heavy atom. The Bertz CT molecular complexity index is 970. The van der Waals surface area contributed by atoms with Gasteiger partial charge >= 0.3 is 0 Å². The number of likely N-dealkylation sites (tertiary alicyclic amines) is 1. The van der Waals surface area contributed by atoms with Crippen molar-refractivity contribution in [3.8, 4) is 0 Å². The van der Waals surface area contributed by atoms with Gasteiger partial charge in [0.1, 0.15) is 0 Å². The van der Waals surface area contributed by atoms with Gasteiger partial charge in [0.25, 0.3) is 0 Å². The molecule has 2 saturated heterocycles. The average molecular weight is 447 g/mol. The Balaban J connectivity index is 1.16. The molecule has 3 fully saturated rings. The molecule has 0 radical (unpaired) electrons. The number of rotatable bonds is 6. The summed E-state index contributed by atoms with van der Waals surface area (Å²) in [6.07, 6.45) is 7.83. The highest BCUT2D eigenvalue weighted by molar-refractivity contribution is 5.90. The number of benzene rings is 2. The van der Waals surface area contributed by atoms with E-state index in [2.05, 4.69) is 16.3 Å². The summed E-state index contributed by atoms with van der Waals surface area (Å²) >= 11 is 0. The number of piperidine rings is 1. The Morgan fingerprint density at radius 1 is 1.00 bits per heavy atom. The predicted octanol–water partition coefficient (Wildman–Crippen LogP) is 5.13. The van der Waals surface area contributed by atoms with Gasteiger partial charge in [-0.1, -0.05) is 55.3 Å². The molecular weight excluding hydrogens is 412 g/mol. The van der Waals surface area contributed by atoms with Crippen molar-refractivity contribution < 1.29 is 14.3 Å². The van der Waals surface area contributed by atoms with E-state index in [-0.39, 0.29) is 24.0 Å². The Labute approximate surface area is 196 Å². The quantitative estimate of drug-likeness (QED) is 0.669. The molecule has 1 aliphatic carbocycles. The molecule has 2 aliphatic heterocycles. The van der Waals surface area contributed by atoms with Crippen molar-refractivity contribution in [3.05, 3.63) is 65.7 Å². The lowest BCUT2D eigenvalue weighted by Crippen LogP contribution is -2.46. The van der Waals surface area contributed by atoms with Crippen LogP contribution in [0.2, 0.25) is 0 Å². The average Bonchev–Trinajstić information content (AvgIpc) is 3.53. The van der Waals surface area contributed by atoms with Crippen LogP contribution in [-0.2, 0) is 20.7 Å². The van der Waals surface area contributed by atoms with Crippen LogP contribution in [0.1, 0.15) is 62.2 Å². The smallest absolute Gasteiger partial charge is 0.225 e. The van der Waals surface area contributed by atoms with Gasteiger partial charge in [0.05, 0.1) is 12.2 Å². The normalized spacial score (nSPS) is 25.1. The molecule has 2 heterocycles. The third kappa shape index (κ3) is 5.30. The van der Waals surface area contributed by atoms with E-state index in [1.807, 2.05) is 48.5 Å². The maximum Gasteiger partial charge on any atom is 0.225 e. The second-order valence-corrected chi connectivity index (χ2v) is 9.87. The number of nitrogens with one attached hydrogen (secondary N) is 1. The first-order chi connectivity index (χ1) is 16.2. The number of ether oxygens (including phenoxy) is 1. The van der Waals surface area contributed by atoms with E-state index >= 15 is 0 Å².